The number of halogens is 4. The standard InChI is InChI=1S/C33H34F4N4O6/c1-47-26-9-4-18(15-41-27(43)16-40(10-11-42)32(41)46)13-23(26)30(44)39-29-21-7-6-20(22(21)12-17-2-3-17)28(29)31(45)38-19-5-8-25(34)24(14-19)33(35,36)37/h4-5,8-9,12-14,17,20-21,28-29,42H,2-3,6-7,10-11,15-16H2,1H3,(H,38,45)(H,39,44)/b22-12-/t20-,21+,28-,29+/m0/s1. The lowest BCUT2D eigenvalue weighted by Gasteiger charge is -2.30. The van der Waals surface area contributed by atoms with Crippen LogP contribution < -0.4 is 15.4 Å². The maximum Gasteiger partial charge on any atom is 0.419 e. The second-order valence-electron chi connectivity index (χ2n) is 12.4. The number of rotatable bonds is 10. The van der Waals surface area contributed by atoms with Crippen LogP contribution in [0.1, 0.15) is 47.2 Å². The first kappa shape index (κ1) is 32.5. The zero-order valence-corrected chi connectivity index (χ0v) is 25.5. The van der Waals surface area contributed by atoms with Gasteiger partial charge in [0.15, 0.2) is 0 Å². The number of fused-ring (bicyclic) bond motifs is 2. The van der Waals surface area contributed by atoms with Gasteiger partial charge in [-0.05, 0) is 73.4 Å². The maximum absolute atomic E-state index is 13.9. The third-order valence-electron chi connectivity index (χ3n) is 9.44. The van der Waals surface area contributed by atoms with E-state index in [9.17, 15) is 41.8 Å². The van der Waals surface area contributed by atoms with Gasteiger partial charge in [0, 0.05) is 24.2 Å². The van der Waals surface area contributed by atoms with Crippen LogP contribution in [0.15, 0.2) is 48.0 Å². The predicted octanol–water partition coefficient (Wildman–Crippen LogP) is 4.34. The molecule has 14 heteroatoms. The third-order valence-corrected chi connectivity index (χ3v) is 9.44. The van der Waals surface area contributed by atoms with Crippen LogP contribution in [0.2, 0.25) is 0 Å². The summed E-state index contributed by atoms with van der Waals surface area (Å²) in [6.45, 7) is -0.563. The Balaban J connectivity index is 1.25. The molecule has 250 valence electrons. The molecule has 4 aliphatic rings. The van der Waals surface area contributed by atoms with Gasteiger partial charge in [-0.3, -0.25) is 19.3 Å². The first-order valence-corrected chi connectivity index (χ1v) is 15.5. The minimum absolute atomic E-state index is 0.0114. The van der Waals surface area contributed by atoms with Crippen molar-refractivity contribution in [2.24, 2.45) is 23.7 Å². The van der Waals surface area contributed by atoms with Crippen LogP contribution in [0.5, 0.6) is 5.75 Å². The van der Waals surface area contributed by atoms with Crippen molar-refractivity contribution in [3.63, 3.8) is 0 Å². The Kier molecular flexibility index (Phi) is 8.72. The van der Waals surface area contributed by atoms with Gasteiger partial charge in [0.25, 0.3) is 11.8 Å². The molecule has 0 radical (unpaired) electrons. The van der Waals surface area contributed by atoms with Crippen molar-refractivity contribution in [3.8, 4) is 5.75 Å². The molecule has 3 aliphatic carbocycles. The first-order chi connectivity index (χ1) is 22.4. The molecule has 4 fully saturated rings. The van der Waals surface area contributed by atoms with Gasteiger partial charge < -0.3 is 25.4 Å². The number of imide groups is 1. The minimum Gasteiger partial charge on any atom is -0.496 e. The lowest BCUT2D eigenvalue weighted by Crippen LogP contribution is -2.48. The average Bonchev–Trinajstić information content (AvgIpc) is 3.63. The molecule has 0 spiro atoms. The Morgan fingerprint density at radius 2 is 1.81 bits per heavy atom. The van der Waals surface area contributed by atoms with Crippen molar-refractivity contribution in [1.29, 1.82) is 0 Å². The van der Waals surface area contributed by atoms with E-state index >= 15 is 0 Å². The molecule has 2 aromatic carbocycles. The maximum atomic E-state index is 13.9. The smallest absolute Gasteiger partial charge is 0.419 e. The summed E-state index contributed by atoms with van der Waals surface area (Å²) < 4.78 is 59.4. The fourth-order valence-electron chi connectivity index (χ4n) is 7.09. The van der Waals surface area contributed by atoms with E-state index in [0.717, 1.165) is 29.4 Å². The summed E-state index contributed by atoms with van der Waals surface area (Å²) in [5, 5.41) is 14.7. The molecule has 2 aromatic rings. The summed E-state index contributed by atoms with van der Waals surface area (Å²) in [5.41, 5.74) is -0.0570. The van der Waals surface area contributed by atoms with Gasteiger partial charge in [-0.15, -0.1) is 0 Å². The number of benzene rings is 2. The van der Waals surface area contributed by atoms with Gasteiger partial charge in [-0.1, -0.05) is 17.7 Å². The summed E-state index contributed by atoms with van der Waals surface area (Å²) in [6, 6.07) is 5.71. The zero-order chi connectivity index (χ0) is 33.6. The van der Waals surface area contributed by atoms with E-state index in [-0.39, 0.29) is 55.1 Å². The molecular formula is C33H34F4N4O6. The van der Waals surface area contributed by atoms with Crippen LogP contribution in [0, 0.1) is 29.5 Å². The SMILES string of the molecule is COc1ccc(CN2C(=O)CN(CCO)C2=O)cc1C(=O)N[C@H]1[C@@H](C(=O)Nc2ccc(F)c(C(F)(F)F)c2)[C@H]2CC[C@@H]1/C2=C\C1CC1. The van der Waals surface area contributed by atoms with Crippen molar-refractivity contribution in [2.45, 2.75) is 44.4 Å². The number of aliphatic hydroxyl groups excluding tert-OH is 1. The zero-order valence-electron chi connectivity index (χ0n) is 25.5. The van der Waals surface area contributed by atoms with E-state index in [1.807, 2.05) is 0 Å². The average molecular weight is 659 g/mol. The highest BCUT2D eigenvalue weighted by Gasteiger charge is 2.55. The molecule has 3 saturated carbocycles. The molecule has 2 bridgehead atoms. The normalized spacial score (nSPS) is 24.8. The highest BCUT2D eigenvalue weighted by atomic mass is 19.4. The van der Waals surface area contributed by atoms with Gasteiger partial charge in [0.1, 0.15) is 18.1 Å². The van der Waals surface area contributed by atoms with Crippen molar-refractivity contribution in [1.82, 2.24) is 15.1 Å². The number of alkyl halides is 3. The molecule has 1 saturated heterocycles. The van der Waals surface area contributed by atoms with Crippen LogP contribution in [0.3, 0.4) is 0 Å². The van der Waals surface area contributed by atoms with Crippen LogP contribution in [-0.4, -0.2) is 71.5 Å². The Morgan fingerprint density at radius 3 is 2.49 bits per heavy atom. The number of hydrogen-bond acceptors (Lipinski definition) is 6. The monoisotopic (exact) mass is 658 g/mol. The Hall–Kier alpha value is -4.46. The first-order valence-electron chi connectivity index (χ1n) is 15.5. The number of anilines is 1. The number of ether oxygens (including phenoxy) is 1. The molecule has 3 N–H and O–H groups in total. The molecule has 4 atom stereocenters. The number of β-amino-alcohol motifs (C(OH)–C–C–N with tert-alkyl or cyclic N) is 1. The largest absolute Gasteiger partial charge is 0.496 e. The number of amides is 5. The molecule has 1 heterocycles. The molecule has 5 amide bonds. The molecule has 1 aliphatic heterocycles. The van der Waals surface area contributed by atoms with Crippen molar-refractivity contribution in [3.05, 3.63) is 70.6 Å². The minimum atomic E-state index is -4.95. The number of allylic oxidation sites excluding steroid dienone is 1. The predicted molar refractivity (Wildman–Crippen MR) is 159 cm³/mol. The van der Waals surface area contributed by atoms with E-state index in [4.69, 9.17) is 4.74 Å². The highest BCUT2D eigenvalue weighted by Crippen LogP contribution is 2.54. The summed E-state index contributed by atoms with van der Waals surface area (Å²) in [6.07, 6.45) is 0.657. The molecule has 6 rings (SSSR count). The molecule has 47 heavy (non-hydrogen) atoms. The lowest BCUT2D eigenvalue weighted by atomic mass is 9.83. The topological polar surface area (TPSA) is 128 Å². The molecule has 0 unspecified atom stereocenters. The van der Waals surface area contributed by atoms with Crippen LogP contribution in [0.25, 0.3) is 0 Å². The number of nitrogens with one attached hydrogen (secondary N) is 2. The number of urea groups is 1. The summed E-state index contributed by atoms with van der Waals surface area (Å²) >= 11 is 0. The van der Waals surface area contributed by atoms with E-state index in [1.54, 1.807) is 6.07 Å². The summed E-state index contributed by atoms with van der Waals surface area (Å²) in [5.74, 6) is -3.62. The quantitative estimate of drug-likeness (QED) is 0.198. The fraction of sp³-hybridized carbons (Fsp3) is 0.455. The van der Waals surface area contributed by atoms with Gasteiger partial charge in [0.2, 0.25) is 5.91 Å². The second kappa shape index (κ2) is 12.6. The van der Waals surface area contributed by atoms with E-state index in [1.165, 1.54) is 24.1 Å². The van der Waals surface area contributed by atoms with E-state index in [2.05, 4.69) is 16.7 Å². The molecule has 10 nitrogen and oxygen atoms in total. The fourth-order valence-corrected chi connectivity index (χ4v) is 7.09. The van der Waals surface area contributed by atoms with Crippen molar-refractivity contribution in [2.75, 3.05) is 32.1 Å². The second-order valence-corrected chi connectivity index (χ2v) is 12.4. The van der Waals surface area contributed by atoms with Gasteiger partial charge >= 0.3 is 12.2 Å². The van der Waals surface area contributed by atoms with E-state index in [0.29, 0.717) is 36.5 Å². The molecule has 0 aromatic heterocycles. The van der Waals surface area contributed by atoms with Gasteiger partial charge in [-0.25, -0.2) is 9.18 Å². The van der Waals surface area contributed by atoms with Crippen LogP contribution in [-0.2, 0) is 22.3 Å². The Bertz CT molecular complexity index is 1640. The van der Waals surface area contributed by atoms with Crippen molar-refractivity contribution < 1.29 is 46.6 Å². The third kappa shape index (κ3) is 6.42. The number of carbonyl (C=O) groups is 4. The highest BCUT2D eigenvalue weighted by molar-refractivity contribution is 6.02. The number of carbonyl (C=O) groups excluding carboxylic acids is 4. The Labute approximate surface area is 267 Å². The van der Waals surface area contributed by atoms with E-state index < -0.39 is 53.3 Å². The van der Waals surface area contributed by atoms with Crippen molar-refractivity contribution >= 4 is 29.4 Å². The Morgan fingerprint density at radius 1 is 1.06 bits per heavy atom. The van der Waals surface area contributed by atoms with Crippen LogP contribution >= 0.6 is 0 Å². The van der Waals surface area contributed by atoms with Crippen LogP contribution in [0.4, 0.5) is 28.0 Å². The lowest BCUT2D eigenvalue weighted by molar-refractivity contribution is -0.140. The number of methoxy groups -OCH3 is 1. The summed E-state index contributed by atoms with van der Waals surface area (Å²) in [4.78, 5) is 55.1. The molecular weight excluding hydrogens is 624 g/mol. The van der Waals surface area contributed by atoms with Gasteiger partial charge in [-0.2, -0.15) is 13.2 Å². The summed E-state index contributed by atoms with van der Waals surface area (Å²) in [7, 11) is 1.38. The number of aliphatic hydroxyl groups is 1. The number of hydrogen-bond donors (Lipinski definition) is 3. The van der Waals surface area contributed by atoms with Gasteiger partial charge in [0.05, 0.1) is 37.3 Å². The number of nitrogens with zero attached hydrogens (tertiary/aromatic N) is 2.